The predicted octanol–water partition coefficient (Wildman–Crippen LogP) is 2.60. The van der Waals surface area contributed by atoms with Crippen LogP contribution in [0.25, 0.3) is 0 Å². The maximum absolute atomic E-state index is 11.8. The van der Waals surface area contributed by atoms with Crippen LogP contribution in [0.5, 0.6) is 5.75 Å². The van der Waals surface area contributed by atoms with Crippen LogP contribution in [-0.4, -0.2) is 18.0 Å². The lowest BCUT2D eigenvalue weighted by Gasteiger charge is -2.07. The quantitative estimate of drug-likeness (QED) is 0.921. The molecule has 5 heteroatoms. The molecule has 1 aromatic carbocycles. The van der Waals surface area contributed by atoms with E-state index in [0.717, 1.165) is 11.3 Å². The number of carbonyl (C=O) groups is 1. The van der Waals surface area contributed by atoms with Crippen molar-refractivity contribution in [2.24, 2.45) is 0 Å². The Morgan fingerprint density at radius 3 is 2.85 bits per heavy atom. The largest absolute Gasteiger partial charge is 0.495 e. The summed E-state index contributed by atoms with van der Waals surface area (Å²) >= 11 is 6.02. The van der Waals surface area contributed by atoms with Gasteiger partial charge in [0, 0.05) is 6.20 Å². The van der Waals surface area contributed by atoms with Gasteiger partial charge < -0.3 is 10.1 Å². The Labute approximate surface area is 122 Å². The molecule has 1 N–H and O–H groups in total. The fraction of sp³-hybridized carbons (Fsp3) is 0.200. The van der Waals surface area contributed by atoms with Crippen molar-refractivity contribution >= 4 is 17.5 Å². The third-order valence-electron chi connectivity index (χ3n) is 2.77. The lowest BCUT2D eigenvalue weighted by atomic mass is 10.1. The number of nitrogens with zero attached hydrogens (tertiary/aromatic N) is 1. The van der Waals surface area contributed by atoms with Crippen LogP contribution < -0.4 is 10.1 Å². The van der Waals surface area contributed by atoms with E-state index in [1.165, 1.54) is 0 Å². The van der Waals surface area contributed by atoms with Crippen LogP contribution in [0.2, 0.25) is 5.02 Å². The average molecular weight is 291 g/mol. The maximum Gasteiger partial charge on any atom is 0.224 e. The number of methoxy groups -OCH3 is 1. The molecule has 0 radical (unpaired) electrons. The summed E-state index contributed by atoms with van der Waals surface area (Å²) in [5.74, 6) is 0.529. The van der Waals surface area contributed by atoms with Crippen molar-refractivity contribution in [3.8, 4) is 5.75 Å². The predicted molar refractivity (Wildman–Crippen MR) is 77.8 cm³/mol. The molecule has 20 heavy (non-hydrogen) atoms. The molecule has 0 saturated heterocycles. The van der Waals surface area contributed by atoms with Gasteiger partial charge in [0.05, 0.1) is 30.8 Å². The molecule has 1 aromatic heterocycles. The van der Waals surface area contributed by atoms with Gasteiger partial charge >= 0.3 is 0 Å². The van der Waals surface area contributed by atoms with E-state index in [9.17, 15) is 4.79 Å². The molecule has 0 aliphatic rings. The van der Waals surface area contributed by atoms with Crippen molar-refractivity contribution in [2.75, 3.05) is 7.11 Å². The van der Waals surface area contributed by atoms with E-state index in [4.69, 9.17) is 16.3 Å². The molecule has 0 aliphatic carbocycles. The molecular formula is C15H15ClN2O2. The highest BCUT2D eigenvalue weighted by atomic mass is 35.5. The third kappa shape index (κ3) is 3.96. The number of halogens is 1. The van der Waals surface area contributed by atoms with Crippen molar-refractivity contribution in [1.82, 2.24) is 10.3 Å². The zero-order valence-corrected chi connectivity index (χ0v) is 11.9. The number of aromatic nitrogens is 1. The molecule has 4 nitrogen and oxygen atoms in total. The highest BCUT2D eigenvalue weighted by molar-refractivity contribution is 6.32. The highest BCUT2D eigenvalue weighted by Crippen LogP contribution is 2.24. The highest BCUT2D eigenvalue weighted by Gasteiger charge is 2.06. The monoisotopic (exact) mass is 290 g/mol. The molecule has 0 aliphatic heterocycles. The van der Waals surface area contributed by atoms with E-state index in [1.807, 2.05) is 24.3 Å². The fourth-order valence-corrected chi connectivity index (χ4v) is 2.04. The molecule has 104 valence electrons. The topological polar surface area (TPSA) is 51.2 Å². The Morgan fingerprint density at radius 1 is 1.35 bits per heavy atom. The molecule has 0 bridgehead atoms. The number of amides is 1. The summed E-state index contributed by atoms with van der Waals surface area (Å²) in [6.07, 6.45) is 1.97. The molecular weight excluding hydrogens is 276 g/mol. The first kappa shape index (κ1) is 14.3. The molecule has 2 aromatic rings. The average Bonchev–Trinajstić information content (AvgIpc) is 2.46. The van der Waals surface area contributed by atoms with E-state index in [1.54, 1.807) is 25.4 Å². The van der Waals surface area contributed by atoms with E-state index in [-0.39, 0.29) is 12.3 Å². The molecule has 0 fully saturated rings. The van der Waals surface area contributed by atoms with Gasteiger partial charge in [0.1, 0.15) is 5.75 Å². The lowest BCUT2D eigenvalue weighted by molar-refractivity contribution is -0.120. The first-order valence-electron chi connectivity index (χ1n) is 6.18. The number of hydrogen-bond donors (Lipinski definition) is 1. The van der Waals surface area contributed by atoms with Gasteiger partial charge in [0.25, 0.3) is 0 Å². The molecule has 0 atom stereocenters. The summed E-state index contributed by atoms with van der Waals surface area (Å²) in [5, 5.41) is 3.32. The second-order valence-electron chi connectivity index (χ2n) is 4.24. The van der Waals surface area contributed by atoms with E-state index in [2.05, 4.69) is 10.3 Å². The second-order valence-corrected chi connectivity index (χ2v) is 4.65. The minimum absolute atomic E-state index is 0.0723. The normalized spacial score (nSPS) is 10.1. The van der Waals surface area contributed by atoms with Crippen molar-refractivity contribution in [2.45, 2.75) is 13.0 Å². The summed E-state index contributed by atoms with van der Waals surface area (Å²) in [7, 11) is 1.56. The van der Waals surface area contributed by atoms with Crippen LogP contribution in [-0.2, 0) is 17.8 Å². The zero-order valence-electron chi connectivity index (χ0n) is 11.1. The number of ether oxygens (including phenoxy) is 1. The van der Waals surface area contributed by atoms with E-state index in [0.29, 0.717) is 17.3 Å². The van der Waals surface area contributed by atoms with Crippen molar-refractivity contribution in [3.05, 3.63) is 58.9 Å². The smallest absolute Gasteiger partial charge is 0.224 e. The first-order valence-corrected chi connectivity index (χ1v) is 6.56. The van der Waals surface area contributed by atoms with Gasteiger partial charge in [-0.15, -0.1) is 0 Å². The van der Waals surface area contributed by atoms with Gasteiger partial charge in [-0.25, -0.2) is 0 Å². The van der Waals surface area contributed by atoms with Crippen molar-refractivity contribution in [3.63, 3.8) is 0 Å². The minimum atomic E-state index is -0.0723. The number of rotatable bonds is 5. The van der Waals surface area contributed by atoms with Crippen LogP contribution in [0, 0.1) is 0 Å². The van der Waals surface area contributed by atoms with Crippen LogP contribution in [0.4, 0.5) is 0 Å². The molecule has 2 rings (SSSR count). The molecule has 1 heterocycles. The number of nitrogens with one attached hydrogen (secondary N) is 1. The van der Waals surface area contributed by atoms with Crippen LogP contribution >= 0.6 is 11.6 Å². The van der Waals surface area contributed by atoms with Gasteiger partial charge in [-0.2, -0.15) is 0 Å². The Bertz CT molecular complexity index is 588. The van der Waals surface area contributed by atoms with Crippen LogP contribution in [0.15, 0.2) is 42.6 Å². The van der Waals surface area contributed by atoms with Crippen LogP contribution in [0.3, 0.4) is 0 Å². The minimum Gasteiger partial charge on any atom is -0.495 e. The number of benzene rings is 1. The Morgan fingerprint density at radius 2 is 2.20 bits per heavy atom. The molecule has 0 saturated carbocycles. The van der Waals surface area contributed by atoms with Crippen LogP contribution in [0.1, 0.15) is 11.3 Å². The van der Waals surface area contributed by atoms with Crippen molar-refractivity contribution < 1.29 is 9.53 Å². The summed E-state index contributed by atoms with van der Waals surface area (Å²) in [4.78, 5) is 16.0. The van der Waals surface area contributed by atoms with Gasteiger partial charge in [-0.05, 0) is 29.8 Å². The molecule has 1 amide bonds. The molecule has 0 unspecified atom stereocenters. The maximum atomic E-state index is 11.8. The molecule has 0 spiro atoms. The summed E-state index contributed by atoms with van der Waals surface area (Å²) in [6, 6.07) is 10.9. The third-order valence-corrected chi connectivity index (χ3v) is 3.07. The Hall–Kier alpha value is -2.07. The van der Waals surface area contributed by atoms with E-state index < -0.39 is 0 Å². The second kappa shape index (κ2) is 6.91. The number of hydrogen-bond acceptors (Lipinski definition) is 3. The standard InChI is InChI=1S/C15H15ClN2O2/c1-20-14-6-5-11(8-13(14)16)9-15(19)18-10-12-4-2-3-7-17-12/h2-8H,9-10H2,1H3,(H,18,19). The lowest BCUT2D eigenvalue weighted by Crippen LogP contribution is -2.24. The number of pyridine rings is 1. The summed E-state index contributed by atoms with van der Waals surface area (Å²) < 4.78 is 5.07. The summed E-state index contributed by atoms with van der Waals surface area (Å²) in [6.45, 7) is 0.420. The number of carbonyl (C=O) groups excluding carboxylic acids is 1. The SMILES string of the molecule is COc1ccc(CC(=O)NCc2ccccn2)cc1Cl. The Kier molecular flexibility index (Phi) is 4.96. The fourth-order valence-electron chi connectivity index (χ4n) is 1.76. The van der Waals surface area contributed by atoms with Gasteiger partial charge in [0.15, 0.2) is 0 Å². The van der Waals surface area contributed by atoms with Gasteiger partial charge in [-0.1, -0.05) is 23.7 Å². The summed E-state index contributed by atoms with van der Waals surface area (Å²) in [5.41, 5.74) is 1.67. The Balaban J connectivity index is 1.90. The van der Waals surface area contributed by atoms with E-state index >= 15 is 0 Å². The first-order chi connectivity index (χ1) is 9.69. The van der Waals surface area contributed by atoms with Gasteiger partial charge in [0.2, 0.25) is 5.91 Å². The van der Waals surface area contributed by atoms with Crippen molar-refractivity contribution in [1.29, 1.82) is 0 Å². The van der Waals surface area contributed by atoms with Gasteiger partial charge in [-0.3, -0.25) is 9.78 Å². The zero-order chi connectivity index (χ0) is 14.4.